The van der Waals surface area contributed by atoms with Crippen LogP contribution >= 0.6 is 0 Å². The van der Waals surface area contributed by atoms with Gasteiger partial charge < -0.3 is 14.3 Å². The van der Waals surface area contributed by atoms with Crippen LogP contribution in [0.2, 0.25) is 0 Å². The summed E-state index contributed by atoms with van der Waals surface area (Å²) in [4.78, 5) is 29.9. The number of benzene rings is 1. The minimum atomic E-state index is -4.48. The molecule has 1 aromatic heterocycles. The molecule has 0 N–H and O–H groups in total. The maximum absolute atomic E-state index is 12.3. The first-order chi connectivity index (χ1) is 14.2. The molecular formula is C18H19F3N4O5. The second-order valence-electron chi connectivity index (χ2n) is 5.65. The highest BCUT2D eigenvalue weighted by atomic mass is 19.4. The second kappa shape index (κ2) is 10.4. The molecule has 1 aromatic carbocycles. The van der Waals surface area contributed by atoms with E-state index in [4.69, 9.17) is 9.68 Å². The molecule has 0 atom stereocenters. The van der Waals surface area contributed by atoms with Crippen molar-refractivity contribution in [3.63, 3.8) is 0 Å². The fraction of sp³-hybridized carbons (Fsp3) is 0.333. The normalized spacial score (nSPS) is 11.7. The summed E-state index contributed by atoms with van der Waals surface area (Å²) >= 11 is 0. The van der Waals surface area contributed by atoms with Gasteiger partial charge in [0.15, 0.2) is 12.4 Å². The number of hydroxylamine groups is 1. The number of aromatic nitrogens is 2. The van der Waals surface area contributed by atoms with Crippen LogP contribution in [0.1, 0.15) is 18.3 Å². The summed E-state index contributed by atoms with van der Waals surface area (Å²) in [5.74, 6) is -0.206. The van der Waals surface area contributed by atoms with Gasteiger partial charge in [-0.1, -0.05) is 23.4 Å². The number of anilines is 1. The maximum Gasteiger partial charge on any atom is 0.438 e. The molecule has 0 aliphatic heterocycles. The molecule has 0 unspecified atom stereocenters. The van der Waals surface area contributed by atoms with E-state index < -0.39 is 18.9 Å². The molecule has 9 nitrogen and oxygen atoms in total. The van der Waals surface area contributed by atoms with Crippen LogP contribution in [0.5, 0.6) is 5.88 Å². The minimum absolute atomic E-state index is 0.0380. The average Bonchev–Trinajstić information content (AvgIpc) is 2.73. The van der Waals surface area contributed by atoms with Gasteiger partial charge in [0.1, 0.15) is 12.3 Å². The van der Waals surface area contributed by atoms with Crippen molar-refractivity contribution in [1.29, 1.82) is 0 Å². The van der Waals surface area contributed by atoms with Gasteiger partial charge >= 0.3 is 12.3 Å². The van der Waals surface area contributed by atoms with Gasteiger partial charge in [0, 0.05) is 17.8 Å². The van der Waals surface area contributed by atoms with Crippen LogP contribution in [0.4, 0.5) is 23.7 Å². The molecule has 0 spiro atoms. The first kappa shape index (κ1) is 22.9. The van der Waals surface area contributed by atoms with Crippen molar-refractivity contribution in [3.05, 3.63) is 47.9 Å². The van der Waals surface area contributed by atoms with Gasteiger partial charge in [-0.3, -0.25) is 4.84 Å². The zero-order valence-corrected chi connectivity index (χ0v) is 16.3. The summed E-state index contributed by atoms with van der Waals surface area (Å²) < 4.78 is 46.0. The van der Waals surface area contributed by atoms with E-state index in [1.807, 2.05) is 0 Å². The number of methoxy groups -OCH3 is 1. The van der Waals surface area contributed by atoms with Gasteiger partial charge in [-0.15, -0.1) is 0 Å². The Bertz CT molecular complexity index is 892. The minimum Gasteiger partial charge on any atom is -0.468 e. The van der Waals surface area contributed by atoms with Crippen molar-refractivity contribution in [2.75, 3.05) is 25.9 Å². The number of rotatable bonds is 8. The lowest BCUT2D eigenvalue weighted by atomic mass is 10.2. The molecule has 0 aliphatic carbocycles. The molecule has 0 bridgehead atoms. The molecular weight excluding hydrogens is 409 g/mol. The van der Waals surface area contributed by atoms with Gasteiger partial charge in [-0.25, -0.2) is 9.78 Å². The molecule has 30 heavy (non-hydrogen) atoms. The summed E-state index contributed by atoms with van der Waals surface area (Å²) in [7, 11) is 2.52. The smallest absolute Gasteiger partial charge is 0.438 e. The van der Waals surface area contributed by atoms with Crippen molar-refractivity contribution >= 4 is 17.5 Å². The van der Waals surface area contributed by atoms with Crippen molar-refractivity contribution in [2.45, 2.75) is 19.7 Å². The Kier molecular flexibility index (Phi) is 7.92. The van der Waals surface area contributed by atoms with Gasteiger partial charge in [0.2, 0.25) is 5.88 Å². The highest BCUT2D eigenvalue weighted by molar-refractivity contribution is 5.94. The van der Waals surface area contributed by atoms with Gasteiger partial charge in [0.05, 0.1) is 19.9 Å². The molecule has 2 rings (SSSR count). The molecule has 0 radical (unpaired) electrons. The van der Waals surface area contributed by atoms with Crippen LogP contribution in [-0.2, 0) is 21.0 Å². The second-order valence-corrected chi connectivity index (χ2v) is 5.65. The van der Waals surface area contributed by atoms with E-state index in [-0.39, 0.29) is 24.0 Å². The van der Waals surface area contributed by atoms with Gasteiger partial charge in [-0.05, 0) is 13.0 Å². The summed E-state index contributed by atoms with van der Waals surface area (Å²) in [6.45, 7) is 0.00242. The molecule has 1 heterocycles. The third-order valence-corrected chi connectivity index (χ3v) is 3.49. The van der Waals surface area contributed by atoms with Crippen LogP contribution in [0, 0.1) is 0 Å². The average molecular weight is 428 g/mol. The van der Waals surface area contributed by atoms with E-state index in [1.165, 1.54) is 33.4 Å². The summed E-state index contributed by atoms with van der Waals surface area (Å²) in [6.07, 6.45) is -3.96. The fourth-order valence-electron chi connectivity index (χ4n) is 2.18. The molecule has 12 heteroatoms. The first-order valence-electron chi connectivity index (χ1n) is 8.44. The number of carbonyl (C=O) groups excluding carboxylic acids is 1. The third-order valence-electron chi connectivity index (χ3n) is 3.49. The quantitative estimate of drug-likeness (QED) is 0.469. The van der Waals surface area contributed by atoms with Crippen molar-refractivity contribution in [2.24, 2.45) is 5.16 Å². The Morgan fingerprint density at radius 2 is 1.93 bits per heavy atom. The monoisotopic (exact) mass is 428 g/mol. The largest absolute Gasteiger partial charge is 0.468 e. The van der Waals surface area contributed by atoms with Crippen LogP contribution in [0.3, 0.4) is 0 Å². The predicted molar refractivity (Wildman–Crippen MR) is 98.9 cm³/mol. The molecule has 0 aliphatic rings. The van der Waals surface area contributed by atoms with Crippen LogP contribution < -0.4 is 9.80 Å². The van der Waals surface area contributed by atoms with E-state index in [0.29, 0.717) is 11.3 Å². The number of ether oxygens (including phenoxy) is 2. The van der Waals surface area contributed by atoms with Gasteiger partial charge in [0.25, 0.3) is 0 Å². The van der Waals surface area contributed by atoms with Crippen molar-refractivity contribution < 1.29 is 37.1 Å². The van der Waals surface area contributed by atoms with Crippen LogP contribution in [0.25, 0.3) is 0 Å². The number of para-hydroxylation sites is 1. The first-order valence-corrected chi connectivity index (χ1v) is 8.44. The number of hydrogen-bond donors (Lipinski definition) is 0. The SMILES string of the molecule is COC(=O)N(OC)c1ccccc1CON=C(C)c1nccc(OCC(F)(F)F)n1. The number of oxime groups is 1. The number of alkyl halides is 3. The Morgan fingerprint density at radius 3 is 2.60 bits per heavy atom. The van der Waals surface area contributed by atoms with Crippen molar-refractivity contribution in [3.8, 4) is 5.88 Å². The lowest BCUT2D eigenvalue weighted by Gasteiger charge is -2.20. The lowest BCUT2D eigenvalue weighted by Crippen LogP contribution is -2.30. The number of amides is 1. The summed E-state index contributed by atoms with van der Waals surface area (Å²) in [5.41, 5.74) is 1.16. The van der Waals surface area contributed by atoms with E-state index in [2.05, 4.69) is 24.6 Å². The summed E-state index contributed by atoms with van der Waals surface area (Å²) in [5, 5.41) is 4.81. The Balaban J connectivity index is 2.08. The standard InChI is InChI=1S/C18H19F3N4O5/c1-12(16-22-9-8-15(23-16)29-11-18(19,20)21)24-30-10-13-6-4-5-7-14(13)25(28-3)17(26)27-2/h4-9H,10-11H2,1-3H3. The van der Waals surface area contributed by atoms with Crippen LogP contribution in [-0.4, -0.2) is 48.8 Å². The molecule has 0 saturated heterocycles. The number of halogens is 3. The lowest BCUT2D eigenvalue weighted by molar-refractivity contribution is -0.154. The number of hydrogen-bond acceptors (Lipinski definition) is 8. The van der Waals surface area contributed by atoms with E-state index in [0.717, 1.165) is 5.06 Å². The maximum atomic E-state index is 12.3. The fourth-order valence-corrected chi connectivity index (χ4v) is 2.18. The zero-order chi connectivity index (χ0) is 22.1. The predicted octanol–water partition coefficient (Wildman–Crippen LogP) is 3.49. The van der Waals surface area contributed by atoms with Crippen LogP contribution in [0.15, 0.2) is 41.7 Å². The van der Waals surface area contributed by atoms with E-state index in [1.54, 1.807) is 24.3 Å². The van der Waals surface area contributed by atoms with E-state index in [9.17, 15) is 18.0 Å². The molecule has 0 saturated carbocycles. The highest BCUT2D eigenvalue weighted by Gasteiger charge is 2.28. The topological polar surface area (TPSA) is 95.4 Å². The number of nitrogens with zero attached hydrogens (tertiary/aromatic N) is 4. The third kappa shape index (κ3) is 6.58. The molecule has 2 aromatic rings. The number of carbonyl (C=O) groups is 1. The summed E-state index contributed by atoms with van der Waals surface area (Å²) in [6, 6.07) is 7.94. The Hall–Kier alpha value is -3.41. The highest BCUT2D eigenvalue weighted by Crippen LogP contribution is 2.22. The Labute approximate surface area is 170 Å². The van der Waals surface area contributed by atoms with Gasteiger partial charge in [-0.2, -0.15) is 23.2 Å². The molecule has 0 fully saturated rings. The zero-order valence-electron chi connectivity index (χ0n) is 16.3. The van der Waals surface area contributed by atoms with E-state index >= 15 is 0 Å². The molecule has 1 amide bonds. The van der Waals surface area contributed by atoms with Crippen molar-refractivity contribution in [1.82, 2.24) is 9.97 Å². The molecule has 162 valence electrons. The Morgan fingerprint density at radius 1 is 1.20 bits per heavy atom.